The molecule has 0 spiro atoms. The van der Waals surface area contributed by atoms with E-state index in [4.69, 9.17) is 33.2 Å². The molecule has 1 saturated heterocycles. The molecule has 0 bridgehead atoms. The zero-order chi connectivity index (χ0) is 56.3. The Balaban J connectivity index is 1.49. The molecule has 2 fully saturated rings. The van der Waals surface area contributed by atoms with E-state index in [0.29, 0.717) is 5.56 Å². The zero-order valence-corrected chi connectivity index (χ0v) is 41.3. The van der Waals surface area contributed by atoms with Crippen molar-refractivity contribution in [2.75, 3.05) is 26.7 Å². The van der Waals surface area contributed by atoms with Crippen LogP contribution in [0.4, 0.5) is 38.9 Å². The third-order valence-corrected chi connectivity index (χ3v) is 11.7. The van der Waals surface area contributed by atoms with Gasteiger partial charge in [-0.15, -0.1) is 0 Å². The number of non-ortho nitro benzene ring substituents is 2. The number of hydrogen-bond acceptors (Lipinski definition) is 21. The Bertz CT molecular complexity index is 2410. The Kier molecular flexibility index (Phi) is 20.2. The molecule has 0 unspecified atom stereocenters. The van der Waals surface area contributed by atoms with Crippen molar-refractivity contribution in [3.05, 3.63) is 91.7 Å². The van der Waals surface area contributed by atoms with Crippen LogP contribution in [0.15, 0.2) is 60.4 Å². The second-order valence-electron chi connectivity index (χ2n) is 18.8. The number of alkyl carbamates (subject to hydrolysis) is 3. The Hall–Kier alpha value is -7.00. The SMILES string of the molecule is CN[C@@H]1[C@@H](O)[C@@H](O[C@@H]2[C@@H](O)[C@H](O[C@H]3OC(CNC(=O)C(F)(F)F)=CC[C@H]3NC(=O)OCc3ccc([N+](=O)[O-])cc3)[C@@H](NC(=O)OCc3ccc([N+](=O)[O-])cc3)C[C@H]2NC(=O)[C@@H](O)CNC(=O)OC(C)(C)C)OC[C@]1(C)O. The van der Waals surface area contributed by atoms with Crippen LogP contribution in [-0.2, 0) is 56.0 Å². The molecular formula is C45H59F3N8O20. The van der Waals surface area contributed by atoms with Crippen LogP contribution in [0, 0.1) is 20.2 Å². The number of carbonyl (C=O) groups is 5. The van der Waals surface area contributed by atoms with Gasteiger partial charge in [0.15, 0.2) is 6.29 Å². The number of rotatable bonds is 19. The molecule has 2 heterocycles. The molecule has 10 N–H and O–H groups in total. The molecule has 5 rings (SSSR count). The quantitative estimate of drug-likeness (QED) is 0.0525. The van der Waals surface area contributed by atoms with Crippen LogP contribution < -0.4 is 31.9 Å². The first-order chi connectivity index (χ1) is 35.5. The zero-order valence-electron chi connectivity index (χ0n) is 41.3. The highest BCUT2D eigenvalue weighted by Crippen LogP contribution is 2.33. The van der Waals surface area contributed by atoms with Crippen molar-refractivity contribution < 1.29 is 101 Å². The summed E-state index contributed by atoms with van der Waals surface area (Å²) in [5.41, 5.74) is -2.59. The lowest BCUT2D eigenvalue weighted by atomic mass is 9.82. The van der Waals surface area contributed by atoms with E-state index in [0.717, 1.165) is 24.3 Å². The number of nitrogens with zero attached hydrogens (tertiary/aromatic N) is 2. The van der Waals surface area contributed by atoms with Gasteiger partial charge in [0.2, 0.25) is 6.29 Å². The number of aliphatic hydroxyl groups excluding tert-OH is 3. The van der Waals surface area contributed by atoms with Crippen LogP contribution in [0.1, 0.15) is 51.7 Å². The largest absolute Gasteiger partial charge is 0.471 e. The first-order valence-corrected chi connectivity index (χ1v) is 23.2. The number of amides is 5. The minimum absolute atomic E-state index is 0.249. The Morgan fingerprint density at radius 3 is 1.80 bits per heavy atom. The van der Waals surface area contributed by atoms with Gasteiger partial charge in [0.25, 0.3) is 17.3 Å². The number of alkyl halides is 3. The number of aliphatic hydroxyl groups is 4. The van der Waals surface area contributed by atoms with Gasteiger partial charge in [-0.2, -0.15) is 13.2 Å². The molecule has 28 nitrogen and oxygen atoms in total. The van der Waals surface area contributed by atoms with Crippen molar-refractivity contribution in [2.24, 2.45) is 0 Å². The van der Waals surface area contributed by atoms with Crippen LogP contribution in [0.3, 0.4) is 0 Å². The van der Waals surface area contributed by atoms with Gasteiger partial charge in [-0.3, -0.25) is 29.8 Å². The predicted octanol–water partition coefficient (Wildman–Crippen LogP) is 0.663. The van der Waals surface area contributed by atoms with E-state index in [1.807, 2.05) is 0 Å². The van der Waals surface area contributed by atoms with E-state index in [-0.39, 0.29) is 29.1 Å². The molecule has 76 heavy (non-hydrogen) atoms. The summed E-state index contributed by atoms with van der Waals surface area (Å²) in [6, 6.07) is 4.22. The highest BCUT2D eigenvalue weighted by molar-refractivity contribution is 5.82. The van der Waals surface area contributed by atoms with Crippen LogP contribution in [-0.4, -0.2) is 172 Å². The minimum atomic E-state index is -5.31. The predicted molar refractivity (Wildman–Crippen MR) is 249 cm³/mol. The third kappa shape index (κ3) is 17.0. The molecule has 0 aromatic heterocycles. The summed E-state index contributed by atoms with van der Waals surface area (Å²) in [4.78, 5) is 85.8. The number of benzene rings is 2. The van der Waals surface area contributed by atoms with Gasteiger partial charge >= 0.3 is 30.4 Å². The maximum absolute atomic E-state index is 13.7. The molecule has 31 heteroatoms. The molecule has 0 radical (unpaired) electrons. The maximum Gasteiger partial charge on any atom is 0.471 e. The summed E-state index contributed by atoms with van der Waals surface area (Å²) in [6.45, 7) is 3.05. The van der Waals surface area contributed by atoms with Gasteiger partial charge < -0.3 is 85.5 Å². The number of likely N-dealkylation sites (N-methyl/N-ethyl adjacent to an activating group) is 1. The molecule has 2 aromatic carbocycles. The van der Waals surface area contributed by atoms with Crippen LogP contribution in [0.2, 0.25) is 0 Å². The Morgan fingerprint density at radius 1 is 0.789 bits per heavy atom. The van der Waals surface area contributed by atoms with E-state index in [1.165, 1.54) is 44.3 Å². The summed E-state index contributed by atoms with van der Waals surface area (Å²) in [5.74, 6) is -3.89. The van der Waals surface area contributed by atoms with Crippen LogP contribution in [0.5, 0.6) is 0 Å². The Labute approximate surface area is 430 Å². The fourth-order valence-electron chi connectivity index (χ4n) is 7.97. The van der Waals surface area contributed by atoms with Crippen LogP contribution >= 0.6 is 0 Å². The lowest BCUT2D eigenvalue weighted by Crippen LogP contribution is -2.70. The van der Waals surface area contributed by atoms with Crippen molar-refractivity contribution in [3.8, 4) is 0 Å². The smallest absolute Gasteiger partial charge is 0.465 e. The number of carbonyl (C=O) groups excluding carboxylic acids is 5. The van der Waals surface area contributed by atoms with Crippen LogP contribution in [0.25, 0.3) is 0 Å². The molecule has 420 valence electrons. The van der Waals surface area contributed by atoms with Gasteiger partial charge in [-0.05, 0) is 89.1 Å². The van der Waals surface area contributed by atoms with Gasteiger partial charge in [0, 0.05) is 24.3 Å². The average Bonchev–Trinajstić information content (AvgIpc) is 3.34. The molecule has 2 aliphatic heterocycles. The monoisotopic (exact) mass is 1090 g/mol. The normalized spacial score (nSPS) is 27.0. The first kappa shape index (κ1) is 59.9. The number of nitro benzene ring substituents is 2. The van der Waals surface area contributed by atoms with Crippen molar-refractivity contribution in [3.63, 3.8) is 0 Å². The number of nitrogens with one attached hydrogen (secondary N) is 6. The second kappa shape index (κ2) is 25.7. The summed E-state index contributed by atoms with van der Waals surface area (Å²) in [7, 11) is 1.41. The van der Waals surface area contributed by atoms with Gasteiger partial charge in [0.1, 0.15) is 60.7 Å². The Morgan fingerprint density at radius 2 is 1.30 bits per heavy atom. The maximum atomic E-state index is 13.7. The van der Waals surface area contributed by atoms with Crippen molar-refractivity contribution >= 4 is 41.5 Å². The highest BCUT2D eigenvalue weighted by Gasteiger charge is 2.53. The summed E-state index contributed by atoms with van der Waals surface area (Å²) in [6.07, 6.45) is -21.5. The van der Waals surface area contributed by atoms with Gasteiger partial charge in [-0.1, -0.05) is 0 Å². The summed E-state index contributed by atoms with van der Waals surface area (Å²) < 4.78 is 79.5. The lowest BCUT2D eigenvalue weighted by molar-refractivity contribution is -0.385. The number of halogens is 3. The van der Waals surface area contributed by atoms with E-state index < -0.39 is 164 Å². The van der Waals surface area contributed by atoms with Crippen molar-refractivity contribution in [2.45, 2.75) is 138 Å². The van der Waals surface area contributed by atoms with Crippen molar-refractivity contribution in [1.29, 1.82) is 0 Å². The molecule has 12 atom stereocenters. The van der Waals surface area contributed by atoms with Crippen molar-refractivity contribution in [1.82, 2.24) is 31.9 Å². The molecular weight excluding hydrogens is 1030 g/mol. The summed E-state index contributed by atoms with van der Waals surface area (Å²) >= 11 is 0. The standard InChI is InChI=1S/C45H59F3N8O20/c1-43(2,3)76-40(62)51-18-30(57)36(60)52-28-16-29(54-42(64)71-20-23-8-12-25(13-9-23)56(68)69)34(31(58)33(28)75-38-32(59)35(49-5)44(4,65)21-72-38)74-37-27(15-14-26(73-37)17-50-39(61)45(46,47)48)53-41(63)70-19-22-6-10-24(11-7-22)55(66)67/h6-14,27-35,37-38,49,57-59,65H,15-21H2,1-5H3,(H,50,61)(H,51,62)(H,52,60)(H,53,63)(H,54,64)/t27-,28-,29+,30+,31-,32-,33+,34-,35-,37-,38-,44+/m1/s1. The third-order valence-electron chi connectivity index (χ3n) is 11.7. The fraction of sp³-hybridized carbons (Fsp3) is 0.578. The molecule has 2 aromatic rings. The fourth-order valence-corrected chi connectivity index (χ4v) is 7.97. The number of nitro groups is 2. The molecule has 3 aliphatic rings. The minimum Gasteiger partial charge on any atom is -0.465 e. The average molecular weight is 1090 g/mol. The first-order valence-electron chi connectivity index (χ1n) is 23.2. The van der Waals surface area contributed by atoms with Gasteiger partial charge in [-0.25, -0.2) is 14.4 Å². The highest BCUT2D eigenvalue weighted by atomic mass is 19.4. The van der Waals surface area contributed by atoms with E-state index in [1.54, 1.807) is 26.1 Å². The van der Waals surface area contributed by atoms with E-state index >= 15 is 0 Å². The topological polar surface area (TPSA) is 389 Å². The number of hydrogen-bond donors (Lipinski definition) is 10. The second-order valence-corrected chi connectivity index (χ2v) is 18.8. The number of ether oxygens (including phenoxy) is 7. The summed E-state index contributed by atoms with van der Waals surface area (Å²) in [5, 5.41) is 82.1. The lowest BCUT2D eigenvalue weighted by Gasteiger charge is -2.49. The molecule has 1 aliphatic carbocycles. The molecule has 5 amide bonds. The van der Waals surface area contributed by atoms with E-state index in [9.17, 15) is 77.8 Å². The molecule has 1 saturated carbocycles. The van der Waals surface area contributed by atoms with E-state index in [2.05, 4.69) is 26.6 Å². The van der Waals surface area contributed by atoms with Gasteiger partial charge in [0.05, 0.1) is 53.7 Å².